The zero-order valence-electron chi connectivity index (χ0n) is 8.21. The summed E-state index contributed by atoms with van der Waals surface area (Å²) >= 11 is 0. The third-order valence-electron chi connectivity index (χ3n) is 2.02. The molecule has 2 heteroatoms. The van der Waals surface area contributed by atoms with Crippen molar-refractivity contribution < 1.29 is 4.79 Å². The molecule has 0 aliphatic rings. The summed E-state index contributed by atoms with van der Waals surface area (Å²) in [5, 5.41) is 0. The van der Waals surface area contributed by atoms with Gasteiger partial charge in [-0.3, -0.25) is 9.78 Å². The van der Waals surface area contributed by atoms with E-state index >= 15 is 0 Å². The fraction of sp³-hybridized carbons (Fsp3) is 0.455. The molecule has 0 aromatic carbocycles. The van der Waals surface area contributed by atoms with Gasteiger partial charge in [-0.1, -0.05) is 13.3 Å². The number of Topliss-reactive ketones (excluding diaryl/α,β-unsaturated/α-hetero) is 1. The van der Waals surface area contributed by atoms with Gasteiger partial charge >= 0.3 is 0 Å². The van der Waals surface area contributed by atoms with Crippen molar-refractivity contribution in [3.63, 3.8) is 0 Å². The van der Waals surface area contributed by atoms with Crippen LogP contribution in [0.4, 0.5) is 0 Å². The van der Waals surface area contributed by atoms with E-state index in [1.54, 1.807) is 13.1 Å². The average Bonchev–Trinajstić information content (AvgIpc) is 2.15. The number of ketones is 1. The molecule has 70 valence electrons. The monoisotopic (exact) mass is 177 g/mol. The lowest BCUT2D eigenvalue weighted by Gasteiger charge is -1.99. The van der Waals surface area contributed by atoms with Gasteiger partial charge in [-0.05, 0) is 31.9 Å². The number of hydrogen-bond donors (Lipinski definition) is 0. The van der Waals surface area contributed by atoms with Crippen LogP contribution in [0.5, 0.6) is 0 Å². The molecule has 1 heterocycles. The van der Waals surface area contributed by atoms with E-state index in [0.717, 1.165) is 18.5 Å². The third-order valence-corrected chi connectivity index (χ3v) is 2.02. The molecule has 0 saturated heterocycles. The van der Waals surface area contributed by atoms with Gasteiger partial charge < -0.3 is 0 Å². The predicted molar refractivity (Wildman–Crippen MR) is 52.9 cm³/mol. The zero-order chi connectivity index (χ0) is 9.68. The van der Waals surface area contributed by atoms with Gasteiger partial charge in [0.15, 0.2) is 5.78 Å². The molecule has 13 heavy (non-hydrogen) atoms. The second kappa shape index (κ2) is 4.75. The Morgan fingerprint density at radius 2 is 2.23 bits per heavy atom. The van der Waals surface area contributed by atoms with Gasteiger partial charge in [0.1, 0.15) is 0 Å². The fourth-order valence-electron chi connectivity index (χ4n) is 1.14. The van der Waals surface area contributed by atoms with Gasteiger partial charge in [-0.25, -0.2) is 0 Å². The van der Waals surface area contributed by atoms with Crippen molar-refractivity contribution >= 4 is 5.78 Å². The molecular weight excluding hydrogens is 162 g/mol. The predicted octanol–water partition coefficient (Wildman–Crippen LogP) is 2.63. The van der Waals surface area contributed by atoms with Crippen LogP contribution < -0.4 is 0 Å². The molecule has 0 fully saturated rings. The molecule has 2 nitrogen and oxygen atoms in total. The highest BCUT2D eigenvalue weighted by Crippen LogP contribution is 2.04. The number of aryl methyl sites for hydroxylation is 1. The normalized spacial score (nSPS) is 10.0. The van der Waals surface area contributed by atoms with Gasteiger partial charge in [0.2, 0.25) is 0 Å². The Morgan fingerprint density at radius 1 is 1.46 bits per heavy atom. The van der Waals surface area contributed by atoms with E-state index in [0.29, 0.717) is 5.56 Å². The van der Waals surface area contributed by atoms with E-state index in [9.17, 15) is 4.79 Å². The fourth-order valence-corrected chi connectivity index (χ4v) is 1.14. The Hall–Kier alpha value is -1.18. The molecule has 0 N–H and O–H groups in total. The summed E-state index contributed by atoms with van der Waals surface area (Å²) in [5.41, 5.74) is 1.77. The van der Waals surface area contributed by atoms with Crippen molar-refractivity contribution in [3.8, 4) is 0 Å². The number of aromatic nitrogens is 1. The van der Waals surface area contributed by atoms with E-state index in [4.69, 9.17) is 0 Å². The minimum atomic E-state index is 0.0783. The van der Waals surface area contributed by atoms with E-state index in [-0.39, 0.29) is 5.78 Å². The first kappa shape index (κ1) is 9.90. The Balaban J connectivity index is 2.64. The maximum Gasteiger partial charge on any atom is 0.161 e. The highest BCUT2D eigenvalue weighted by Gasteiger charge is 1.99. The largest absolute Gasteiger partial charge is 0.294 e. The van der Waals surface area contributed by atoms with E-state index < -0.39 is 0 Å². The van der Waals surface area contributed by atoms with Crippen LogP contribution in [0.15, 0.2) is 18.3 Å². The summed E-state index contributed by atoms with van der Waals surface area (Å²) in [5.74, 6) is 0.0783. The van der Waals surface area contributed by atoms with Gasteiger partial charge in [0, 0.05) is 17.5 Å². The number of pyridine rings is 1. The van der Waals surface area contributed by atoms with E-state index in [1.807, 2.05) is 12.1 Å². The van der Waals surface area contributed by atoms with Crippen molar-refractivity contribution in [2.45, 2.75) is 33.1 Å². The number of rotatable bonds is 4. The molecule has 0 aliphatic heterocycles. The van der Waals surface area contributed by atoms with Gasteiger partial charge in [-0.15, -0.1) is 0 Å². The van der Waals surface area contributed by atoms with Crippen molar-refractivity contribution in [2.75, 3.05) is 0 Å². The third kappa shape index (κ3) is 2.98. The Bertz CT molecular complexity index is 277. The maximum atomic E-state index is 10.9. The van der Waals surface area contributed by atoms with Gasteiger partial charge in [0.05, 0.1) is 0 Å². The van der Waals surface area contributed by atoms with Crippen LogP contribution in [-0.4, -0.2) is 10.8 Å². The minimum Gasteiger partial charge on any atom is -0.294 e. The molecule has 0 aliphatic carbocycles. The molecule has 1 aromatic heterocycles. The summed E-state index contributed by atoms with van der Waals surface area (Å²) in [6, 6.07) is 3.78. The van der Waals surface area contributed by atoms with Gasteiger partial charge in [-0.2, -0.15) is 0 Å². The quantitative estimate of drug-likeness (QED) is 0.662. The molecule has 0 saturated carbocycles. The number of nitrogens with zero attached hydrogens (tertiary/aromatic N) is 1. The molecule has 0 bridgehead atoms. The minimum absolute atomic E-state index is 0.0783. The number of unbranched alkanes of at least 4 members (excludes halogenated alkanes) is 1. The summed E-state index contributed by atoms with van der Waals surface area (Å²) in [6.07, 6.45) is 5.00. The number of hydrogen-bond acceptors (Lipinski definition) is 2. The highest BCUT2D eigenvalue weighted by molar-refractivity contribution is 5.93. The van der Waals surface area contributed by atoms with E-state index in [2.05, 4.69) is 11.9 Å². The molecular formula is C11H15NO. The van der Waals surface area contributed by atoms with Crippen molar-refractivity contribution in [1.29, 1.82) is 0 Å². The van der Waals surface area contributed by atoms with Crippen LogP contribution in [0.1, 0.15) is 42.7 Å². The summed E-state index contributed by atoms with van der Waals surface area (Å²) in [7, 11) is 0. The average molecular weight is 177 g/mol. The smallest absolute Gasteiger partial charge is 0.161 e. The summed E-state index contributed by atoms with van der Waals surface area (Å²) < 4.78 is 0. The summed E-state index contributed by atoms with van der Waals surface area (Å²) in [4.78, 5) is 15.1. The highest BCUT2D eigenvalue weighted by atomic mass is 16.1. The van der Waals surface area contributed by atoms with Crippen molar-refractivity contribution in [1.82, 2.24) is 4.98 Å². The van der Waals surface area contributed by atoms with Gasteiger partial charge in [0.25, 0.3) is 0 Å². The molecule has 0 amide bonds. The second-order valence-electron chi connectivity index (χ2n) is 3.20. The van der Waals surface area contributed by atoms with Crippen LogP contribution in [0.2, 0.25) is 0 Å². The first-order chi connectivity index (χ1) is 6.24. The zero-order valence-corrected chi connectivity index (χ0v) is 8.21. The molecule has 0 unspecified atom stereocenters. The molecule has 1 rings (SSSR count). The van der Waals surface area contributed by atoms with E-state index in [1.165, 1.54) is 6.42 Å². The molecule has 0 atom stereocenters. The molecule has 1 aromatic rings. The first-order valence-electron chi connectivity index (χ1n) is 4.70. The summed E-state index contributed by atoms with van der Waals surface area (Å²) in [6.45, 7) is 3.71. The van der Waals surface area contributed by atoms with Crippen molar-refractivity contribution in [3.05, 3.63) is 29.6 Å². The van der Waals surface area contributed by atoms with Crippen LogP contribution in [0, 0.1) is 0 Å². The lowest BCUT2D eigenvalue weighted by Crippen LogP contribution is -1.95. The molecule has 0 radical (unpaired) electrons. The van der Waals surface area contributed by atoms with Crippen LogP contribution in [0.3, 0.4) is 0 Å². The Morgan fingerprint density at radius 3 is 2.69 bits per heavy atom. The first-order valence-corrected chi connectivity index (χ1v) is 4.70. The Labute approximate surface area is 79.0 Å². The topological polar surface area (TPSA) is 30.0 Å². The van der Waals surface area contributed by atoms with Crippen molar-refractivity contribution in [2.24, 2.45) is 0 Å². The SMILES string of the molecule is CCCCc1ccc(C(C)=O)cn1. The standard InChI is InChI=1S/C11H15NO/c1-3-4-5-11-7-6-10(8-12-11)9(2)13/h6-8H,3-5H2,1-2H3. The second-order valence-corrected chi connectivity index (χ2v) is 3.20. The van der Waals surface area contributed by atoms with Crippen LogP contribution >= 0.6 is 0 Å². The lowest BCUT2D eigenvalue weighted by molar-refractivity contribution is 0.101. The van der Waals surface area contributed by atoms with Crippen LogP contribution in [-0.2, 0) is 6.42 Å². The number of carbonyl (C=O) groups is 1. The lowest BCUT2D eigenvalue weighted by atomic mass is 10.1. The van der Waals surface area contributed by atoms with Crippen LogP contribution in [0.25, 0.3) is 0 Å². The number of carbonyl (C=O) groups excluding carboxylic acids is 1. The molecule has 0 spiro atoms. The maximum absolute atomic E-state index is 10.9. The Kier molecular flexibility index (Phi) is 3.62.